The lowest BCUT2D eigenvalue weighted by Gasteiger charge is -2.20. The number of oxime groups is 1. The summed E-state index contributed by atoms with van der Waals surface area (Å²) in [7, 11) is 1.60. The van der Waals surface area contributed by atoms with Gasteiger partial charge in [0.1, 0.15) is 10.7 Å². The van der Waals surface area contributed by atoms with Crippen molar-refractivity contribution in [3.63, 3.8) is 0 Å². The van der Waals surface area contributed by atoms with Crippen LogP contribution < -0.4 is 5.56 Å². The molecule has 0 bridgehead atoms. The lowest BCUT2D eigenvalue weighted by Crippen LogP contribution is -2.18. The van der Waals surface area contributed by atoms with Crippen LogP contribution in [0.5, 0.6) is 0 Å². The smallest absolute Gasteiger partial charge is 0.346 e. The molecule has 2 N–H and O–H groups in total. The van der Waals surface area contributed by atoms with Gasteiger partial charge in [0.25, 0.3) is 0 Å². The molecule has 0 aliphatic carbocycles. The zero-order chi connectivity index (χ0) is 26.7. The van der Waals surface area contributed by atoms with Crippen molar-refractivity contribution in [3.05, 3.63) is 114 Å². The van der Waals surface area contributed by atoms with Gasteiger partial charge in [-0.05, 0) is 57.8 Å². The van der Waals surface area contributed by atoms with Crippen LogP contribution in [0.3, 0.4) is 0 Å². The van der Waals surface area contributed by atoms with E-state index in [9.17, 15) is 19.9 Å². The number of carboxylic acid groups (broad SMARTS) is 1. The highest BCUT2D eigenvalue weighted by atomic mass is 35.5. The highest BCUT2D eigenvalue weighted by Gasteiger charge is 2.23. The molecular formula is C28H24ClFN2O4S. The summed E-state index contributed by atoms with van der Waals surface area (Å²) >= 11 is 7.19. The quantitative estimate of drug-likeness (QED) is 0.151. The second kappa shape index (κ2) is 11.1. The van der Waals surface area contributed by atoms with E-state index >= 15 is 4.39 Å². The summed E-state index contributed by atoms with van der Waals surface area (Å²) in [4.78, 5) is 23.7. The molecule has 4 rings (SSSR count). The number of thiophene rings is 1. The molecule has 0 unspecified atom stereocenters. The zero-order valence-corrected chi connectivity index (χ0v) is 21.7. The van der Waals surface area contributed by atoms with Crippen molar-refractivity contribution in [3.8, 4) is 11.1 Å². The van der Waals surface area contributed by atoms with Gasteiger partial charge in [-0.1, -0.05) is 54.0 Å². The molecule has 2 aromatic heterocycles. The number of carboxylic acids is 1. The van der Waals surface area contributed by atoms with Gasteiger partial charge < -0.3 is 14.9 Å². The van der Waals surface area contributed by atoms with Crippen LogP contribution in [0, 0.1) is 5.82 Å². The Kier molecular flexibility index (Phi) is 7.90. The zero-order valence-electron chi connectivity index (χ0n) is 20.1. The highest BCUT2D eigenvalue weighted by Crippen LogP contribution is 2.36. The van der Waals surface area contributed by atoms with Crippen LogP contribution in [-0.4, -0.2) is 26.6 Å². The van der Waals surface area contributed by atoms with Gasteiger partial charge in [-0.2, -0.15) is 0 Å². The SMILES string of the molecule is CCc1c(-c2ccc([C@H](C/C(=N\O)c3ccc(=O)n(C)c3)c3ccc(Cl)cc3F)cc2)csc1C(=O)O. The van der Waals surface area contributed by atoms with Crippen molar-refractivity contribution in [2.24, 2.45) is 12.2 Å². The molecule has 190 valence electrons. The van der Waals surface area contributed by atoms with Crippen molar-refractivity contribution in [1.82, 2.24) is 4.57 Å². The summed E-state index contributed by atoms with van der Waals surface area (Å²) in [6.45, 7) is 1.92. The van der Waals surface area contributed by atoms with Crippen molar-refractivity contribution in [2.75, 3.05) is 0 Å². The Morgan fingerprint density at radius 3 is 2.49 bits per heavy atom. The first-order valence-corrected chi connectivity index (χ1v) is 12.8. The molecule has 0 aliphatic rings. The minimum Gasteiger partial charge on any atom is -0.477 e. The first kappa shape index (κ1) is 26.3. The topological polar surface area (TPSA) is 91.9 Å². The molecule has 9 heteroatoms. The Bertz CT molecular complexity index is 1540. The van der Waals surface area contributed by atoms with E-state index in [0.29, 0.717) is 22.4 Å². The molecule has 0 saturated heterocycles. The minimum atomic E-state index is -0.947. The lowest BCUT2D eigenvalue weighted by atomic mass is 9.84. The predicted octanol–water partition coefficient (Wildman–Crippen LogP) is 6.57. The summed E-state index contributed by atoms with van der Waals surface area (Å²) in [5, 5.41) is 24.9. The van der Waals surface area contributed by atoms with E-state index in [1.165, 1.54) is 28.0 Å². The predicted molar refractivity (Wildman–Crippen MR) is 144 cm³/mol. The highest BCUT2D eigenvalue weighted by molar-refractivity contribution is 7.12. The number of nitrogens with zero attached hydrogens (tertiary/aromatic N) is 2. The van der Waals surface area contributed by atoms with E-state index in [-0.39, 0.29) is 22.7 Å². The number of aromatic carboxylic acids is 1. The molecule has 0 spiro atoms. The van der Waals surface area contributed by atoms with Gasteiger partial charge in [0.05, 0.1) is 5.71 Å². The molecule has 0 fully saturated rings. The molecule has 0 radical (unpaired) electrons. The maximum Gasteiger partial charge on any atom is 0.346 e. The van der Waals surface area contributed by atoms with Crippen molar-refractivity contribution in [1.29, 1.82) is 0 Å². The standard InChI is InChI=1S/C28H24ClFN2O4S/c1-3-20-23(15-37-27(20)28(34)35)17-6-4-16(5-7-17)22(21-10-9-19(29)12-24(21)30)13-25(31-36)18-8-11-26(33)32(2)14-18/h4-12,14-15,22,36H,3,13H2,1-2H3,(H,34,35)/b31-25+/t22-/m0/s1. The molecule has 2 aromatic carbocycles. The second-order valence-corrected chi connectivity index (χ2v) is 9.89. The summed E-state index contributed by atoms with van der Waals surface area (Å²) in [6.07, 6.45) is 2.30. The molecule has 4 aromatic rings. The van der Waals surface area contributed by atoms with E-state index in [1.807, 2.05) is 36.6 Å². The van der Waals surface area contributed by atoms with Crippen LogP contribution in [0.25, 0.3) is 11.1 Å². The molecule has 0 aliphatic heterocycles. The molecule has 37 heavy (non-hydrogen) atoms. The third kappa shape index (κ3) is 5.50. The van der Waals surface area contributed by atoms with Gasteiger partial charge in [0, 0.05) is 42.2 Å². The normalized spacial score (nSPS) is 12.5. The van der Waals surface area contributed by atoms with E-state index in [4.69, 9.17) is 11.6 Å². The van der Waals surface area contributed by atoms with Crippen molar-refractivity contribution in [2.45, 2.75) is 25.7 Å². The van der Waals surface area contributed by atoms with Crippen LogP contribution in [0.1, 0.15) is 51.2 Å². The number of aromatic nitrogens is 1. The first-order valence-electron chi connectivity index (χ1n) is 11.5. The number of hydrogen-bond acceptors (Lipinski definition) is 5. The monoisotopic (exact) mass is 538 g/mol. The third-order valence-corrected chi connectivity index (χ3v) is 7.59. The first-order chi connectivity index (χ1) is 17.7. The van der Waals surface area contributed by atoms with Crippen molar-refractivity contribution >= 4 is 34.6 Å². The van der Waals surface area contributed by atoms with Crippen LogP contribution >= 0.6 is 22.9 Å². The summed E-state index contributed by atoms with van der Waals surface area (Å²) in [6, 6.07) is 14.9. The number of hydrogen-bond donors (Lipinski definition) is 2. The molecule has 2 heterocycles. The van der Waals surface area contributed by atoms with Crippen molar-refractivity contribution < 1.29 is 19.5 Å². The largest absolute Gasteiger partial charge is 0.477 e. The number of rotatable bonds is 8. The summed E-state index contributed by atoms with van der Waals surface area (Å²) in [5.41, 5.74) is 4.24. The lowest BCUT2D eigenvalue weighted by molar-refractivity contribution is 0.0701. The van der Waals surface area contributed by atoms with E-state index < -0.39 is 17.7 Å². The fourth-order valence-corrected chi connectivity index (χ4v) is 5.59. The number of carbonyl (C=O) groups is 1. The van der Waals surface area contributed by atoms with Gasteiger partial charge in [-0.15, -0.1) is 11.3 Å². The number of benzene rings is 2. The maximum atomic E-state index is 15.1. The van der Waals surface area contributed by atoms with Crippen LogP contribution in [0.4, 0.5) is 4.39 Å². The van der Waals surface area contributed by atoms with Gasteiger partial charge >= 0.3 is 5.97 Å². The molecule has 0 amide bonds. The van der Waals surface area contributed by atoms with Crippen LogP contribution in [0.2, 0.25) is 5.02 Å². The Balaban J connectivity index is 1.76. The molecule has 1 atom stereocenters. The van der Waals surface area contributed by atoms with Gasteiger partial charge in [0.15, 0.2) is 0 Å². The fraction of sp³-hybridized carbons (Fsp3) is 0.179. The average Bonchev–Trinajstić information content (AvgIpc) is 3.32. The maximum absolute atomic E-state index is 15.1. The second-order valence-electron chi connectivity index (χ2n) is 8.57. The van der Waals surface area contributed by atoms with E-state index in [0.717, 1.165) is 22.3 Å². The Morgan fingerprint density at radius 2 is 1.89 bits per heavy atom. The van der Waals surface area contributed by atoms with Gasteiger partial charge in [0.2, 0.25) is 5.56 Å². The molecule has 0 saturated carbocycles. The Hall–Kier alpha value is -3.75. The van der Waals surface area contributed by atoms with Gasteiger partial charge in [-0.3, -0.25) is 4.79 Å². The van der Waals surface area contributed by atoms with E-state index in [2.05, 4.69) is 5.16 Å². The molecular weight excluding hydrogens is 515 g/mol. The van der Waals surface area contributed by atoms with Crippen LogP contribution in [-0.2, 0) is 13.5 Å². The van der Waals surface area contributed by atoms with Crippen LogP contribution in [0.15, 0.2) is 76.1 Å². The molecule has 6 nitrogen and oxygen atoms in total. The average molecular weight is 539 g/mol. The van der Waals surface area contributed by atoms with Gasteiger partial charge in [-0.25, -0.2) is 9.18 Å². The third-order valence-electron chi connectivity index (χ3n) is 6.34. The number of pyridine rings is 1. The number of aryl methyl sites for hydroxylation is 1. The summed E-state index contributed by atoms with van der Waals surface area (Å²) < 4.78 is 16.5. The number of halogens is 2. The summed E-state index contributed by atoms with van der Waals surface area (Å²) in [5.74, 6) is -1.97. The minimum absolute atomic E-state index is 0.147. The Labute approximate surface area is 221 Å². The fourth-order valence-electron chi connectivity index (χ4n) is 4.42. The van der Waals surface area contributed by atoms with E-state index in [1.54, 1.807) is 31.4 Å². The Morgan fingerprint density at radius 1 is 1.16 bits per heavy atom.